The minimum absolute atomic E-state index is 0.124. The van der Waals surface area contributed by atoms with Crippen molar-refractivity contribution in [3.8, 4) is 5.75 Å². The van der Waals surface area contributed by atoms with Gasteiger partial charge in [0.1, 0.15) is 17.5 Å². The first kappa shape index (κ1) is 14.4. The van der Waals surface area contributed by atoms with E-state index in [1.54, 1.807) is 0 Å². The fourth-order valence-electron chi connectivity index (χ4n) is 3.63. The average molecular weight is 335 g/mol. The Morgan fingerprint density at radius 1 is 1.05 bits per heavy atom. The summed E-state index contributed by atoms with van der Waals surface area (Å²) >= 11 is 13.4. The highest BCUT2D eigenvalue weighted by atomic mass is 35.5. The lowest BCUT2D eigenvalue weighted by molar-refractivity contribution is -0.0118. The highest BCUT2D eigenvalue weighted by molar-refractivity contribution is 6.52. The van der Waals surface area contributed by atoms with Crippen LogP contribution in [0.5, 0.6) is 5.75 Å². The Morgan fingerprint density at radius 2 is 1.73 bits per heavy atom. The largest absolute Gasteiger partial charge is 0.485 e. The molecule has 0 radical (unpaired) electrons. The number of hydrogen-bond donors (Lipinski definition) is 0. The van der Waals surface area contributed by atoms with Crippen LogP contribution in [0.1, 0.15) is 24.2 Å². The van der Waals surface area contributed by atoms with E-state index in [0.717, 1.165) is 16.9 Å². The minimum Gasteiger partial charge on any atom is -0.485 e. The molecule has 2 aliphatic rings. The van der Waals surface area contributed by atoms with Crippen molar-refractivity contribution in [3.05, 3.63) is 65.7 Å². The van der Waals surface area contributed by atoms with Gasteiger partial charge < -0.3 is 9.47 Å². The van der Waals surface area contributed by atoms with Crippen LogP contribution in [-0.2, 0) is 10.3 Å². The summed E-state index contributed by atoms with van der Waals surface area (Å²) in [6, 6.07) is 17.9. The van der Waals surface area contributed by atoms with E-state index >= 15 is 0 Å². The van der Waals surface area contributed by atoms with Gasteiger partial charge in [-0.1, -0.05) is 71.7 Å². The summed E-state index contributed by atoms with van der Waals surface area (Å²) in [6.07, 6.45) is -0.211. The third kappa shape index (κ3) is 1.72. The van der Waals surface area contributed by atoms with E-state index in [0.29, 0.717) is 6.61 Å². The second-order valence-corrected chi connectivity index (χ2v) is 7.10. The highest BCUT2D eigenvalue weighted by Crippen LogP contribution is 2.77. The molecule has 1 fully saturated rings. The minimum atomic E-state index is -0.990. The molecule has 0 bridgehead atoms. The van der Waals surface area contributed by atoms with E-state index in [9.17, 15) is 0 Å². The lowest BCUT2D eigenvalue weighted by Crippen LogP contribution is -2.27. The second-order valence-electron chi connectivity index (χ2n) is 5.71. The first-order valence-corrected chi connectivity index (χ1v) is 8.21. The zero-order valence-electron chi connectivity index (χ0n) is 12.1. The number of ether oxygens (including phenoxy) is 2. The van der Waals surface area contributed by atoms with Crippen LogP contribution in [0, 0.1) is 5.92 Å². The zero-order chi connectivity index (χ0) is 15.4. The maximum atomic E-state index is 6.68. The van der Waals surface area contributed by atoms with Crippen molar-refractivity contribution in [1.29, 1.82) is 0 Å². The average Bonchev–Trinajstić information content (AvgIpc) is 3.05. The third-order valence-corrected chi connectivity index (χ3v) is 5.62. The smallest absolute Gasteiger partial charge is 0.161 e. The van der Waals surface area contributed by atoms with E-state index in [4.69, 9.17) is 32.7 Å². The number of alkyl halides is 2. The van der Waals surface area contributed by atoms with E-state index < -0.39 is 9.93 Å². The summed E-state index contributed by atoms with van der Waals surface area (Å²) in [6.45, 7) is 2.51. The number of fused-ring (bicyclic) bond motifs is 3. The van der Waals surface area contributed by atoms with Crippen LogP contribution in [-0.4, -0.2) is 10.9 Å². The molecular weight excluding hydrogens is 319 g/mol. The van der Waals surface area contributed by atoms with Crippen molar-refractivity contribution >= 4 is 23.2 Å². The molecule has 1 aliphatic carbocycles. The molecule has 114 valence electrons. The molecular formula is C18H16Cl2O2. The summed E-state index contributed by atoms with van der Waals surface area (Å²) in [5.74, 6) is 0.671. The van der Waals surface area contributed by atoms with Gasteiger partial charge in [-0.3, -0.25) is 0 Å². The van der Waals surface area contributed by atoms with E-state index in [-0.39, 0.29) is 12.0 Å². The molecule has 1 saturated carbocycles. The van der Waals surface area contributed by atoms with Gasteiger partial charge in [0.2, 0.25) is 0 Å². The van der Waals surface area contributed by atoms with Crippen LogP contribution in [0.25, 0.3) is 0 Å². The SMILES string of the molecule is CCOC12c3ccccc3OC(c3ccccc3)C1C2(Cl)Cl. The van der Waals surface area contributed by atoms with Crippen molar-refractivity contribution in [2.45, 2.75) is 23.0 Å². The second kappa shape index (κ2) is 4.89. The van der Waals surface area contributed by atoms with Crippen LogP contribution in [0.2, 0.25) is 0 Å². The molecule has 0 saturated heterocycles. The molecule has 0 amide bonds. The number of rotatable bonds is 3. The zero-order valence-corrected chi connectivity index (χ0v) is 13.6. The van der Waals surface area contributed by atoms with Crippen molar-refractivity contribution in [2.24, 2.45) is 5.92 Å². The number of para-hydroxylation sites is 1. The molecule has 2 aromatic rings. The Bertz CT molecular complexity index is 701. The van der Waals surface area contributed by atoms with Gasteiger partial charge in [-0.2, -0.15) is 0 Å². The van der Waals surface area contributed by atoms with Gasteiger partial charge in [0.15, 0.2) is 4.33 Å². The van der Waals surface area contributed by atoms with Crippen molar-refractivity contribution in [2.75, 3.05) is 6.61 Å². The lowest BCUT2D eigenvalue weighted by Gasteiger charge is -2.31. The molecule has 22 heavy (non-hydrogen) atoms. The first-order chi connectivity index (χ1) is 10.6. The van der Waals surface area contributed by atoms with Gasteiger partial charge in [-0.25, -0.2) is 0 Å². The quantitative estimate of drug-likeness (QED) is 0.746. The van der Waals surface area contributed by atoms with Crippen LogP contribution < -0.4 is 4.74 Å². The Balaban J connectivity index is 1.88. The van der Waals surface area contributed by atoms with Gasteiger partial charge in [-0.15, -0.1) is 0 Å². The fourth-order valence-corrected chi connectivity index (χ4v) is 4.61. The predicted molar refractivity (Wildman–Crippen MR) is 87.5 cm³/mol. The number of benzene rings is 2. The van der Waals surface area contributed by atoms with Crippen LogP contribution >= 0.6 is 23.2 Å². The Labute approximate surface area is 140 Å². The molecule has 3 atom stereocenters. The molecule has 4 heteroatoms. The Kier molecular flexibility index (Phi) is 3.19. The molecule has 1 aliphatic heterocycles. The first-order valence-electron chi connectivity index (χ1n) is 7.46. The molecule has 2 nitrogen and oxygen atoms in total. The maximum Gasteiger partial charge on any atom is 0.161 e. The van der Waals surface area contributed by atoms with E-state index in [1.165, 1.54) is 0 Å². The summed E-state index contributed by atoms with van der Waals surface area (Å²) in [7, 11) is 0. The van der Waals surface area contributed by atoms with Crippen LogP contribution in [0.4, 0.5) is 0 Å². The van der Waals surface area contributed by atoms with Gasteiger partial charge in [0, 0.05) is 12.2 Å². The fraction of sp³-hybridized carbons (Fsp3) is 0.333. The van der Waals surface area contributed by atoms with E-state index in [1.807, 2.05) is 61.5 Å². The summed E-state index contributed by atoms with van der Waals surface area (Å²) in [4.78, 5) is 0. The van der Waals surface area contributed by atoms with Gasteiger partial charge in [0.25, 0.3) is 0 Å². The summed E-state index contributed by atoms with van der Waals surface area (Å²) in [5.41, 5.74) is 1.31. The molecule has 4 rings (SSSR count). The van der Waals surface area contributed by atoms with Crippen molar-refractivity contribution in [1.82, 2.24) is 0 Å². The number of halogens is 2. The van der Waals surface area contributed by atoms with Crippen LogP contribution in [0.3, 0.4) is 0 Å². The van der Waals surface area contributed by atoms with Crippen molar-refractivity contribution < 1.29 is 9.47 Å². The highest BCUT2D eigenvalue weighted by Gasteiger charge is 2.83. The standard InChI is InChI=1S/C18H16Cl2O2/c1-2-21-17-13-10-6-7-11-14(13)22-15(16(17)18(17,19)20)12-8-4-3-5-9-12/h3-11,15-16H,2H2,1H3. The molecule has 2 aromatic carbocycles. The normalized spacial score (nSPS) is 30.9. The Morgan fingerprint density at radius 3 is 2.45 bits per heavy atom. The topological polar surface area (TPSA) is 18.5 Å². The van der Waals surface area contributed by atoms with Gasteiger partial charge in [-0.05, 0) is 18.6 Å². The van der Waals surface area contributed by atoms with Gasteiger partial charge in [0.05, 0.1) is 5.92 Å². The molecule has 3 unspecified atom stereocenters. The monoisotopic (exact) mass is 334 g/mol. The van der Waals surface area contributed by atoms with Crippen LogP contribution in [0.15, 0.2) is 54.6 Å². The maximum absolute atomic E-state index is 6.68. The molecule has 1 heterocycles. The molecule has 0 aromatic heterocycles. The van der Waals surface area contributed by atoms with E-state index in [2.05, 4.69) is 0 Å². The van der Waals surface area contributed by atoms with Crippen molar-refractivity contribution in [3.63, 3.8) is 0 Å². The summed E-state index contributed by atoms with van der Waals surface area (Å²) in [5, 5.41) is 0. The third-order valence-electron chi connectivity index (χ3n) is 4.58. The molecule has 0 spiro atoms. The van der Waals surface area contributed by atoms with Gasteiger partial charge >= 0.3 is 0 Å². The lowest BCUT2D eigenvalue weighted by atomic mass is 9.95. The predicted octanol–water partition coefficient (Wildman–Crippen LogP) is 4.86. The molecule has 0 N–H and O–H groups in total. The number of hydrogen-bond acceptors (Lipinski definition) is 2. The summed E-state index contributed by atoms with van der Waals surface area (Å²) < 4.78 is 11.3. The Hall–Kier alpha value is -1.22.